The summed E-state index contributed by atoms with van der Waals surface area (Å²) in [7, 11) is 2.11. The summed E-state index contributed by atoms with van der Waals surface area (Å²) >= 11 is 7.77. The molecule has 1 aliphatic heterocycles. The lowest BCUT2D eigenvalue weighted by molar-refractivity contribution is 0.270. The van der Waals surface area contributed by atoms with E-state index in [9.17, 15) is 0 Å². The minimum Gasteiger partial charge on any atom is -0.357 e. The lowest BCUT2D eigenvalue weighted by atomic mass is 10.2. The number of aryl methyl sites for hydroxylation is 1. The molecule has 0 N–H and O–H groups in total. The van der Waals surface area contributed by atoms with Crippen molar-refractivity contribution in [2.75, 3.05) is 31.6 Å². The second-order valence-electron chi connectivity index (χ2n) is 5.70. The maximum absolute atomic E-state index is 6.10. The molecule has 1 unspecified atom stereocenters. The quantitative estimate of drug-likeness (QED) is 0.805. The van der Waals surface area contributed by atoms with Crippen LogP contribution in [-0.4, -0.2) is 47.6 Å². The van der Waals surface area contributed by atoms with Crippen molar-refractivity contribution in [2.24, 2.45) is 0 Å². The lowest BCUT2D eigenvalue weighted by Crippen LogP contribution is -2.39. The third-order valence-corrected chi connectivity index (χ3v) is 5.33. The van der Waals surface area contributed by atoms with Gasteiger partial charge in [-0.2, -0.15) is 4.98 Å². The molecule has 0 radical (unpaired) electrons. The first-order valence-electron chi connectivity index (χ1n) is 7.47. The predicted octanol–water partition coefficient (Wildman–Crippen LogP) is 3.57. The largest absolute Gasteiger partial charge is 0.357 e. The van der Waals surface area contributed by atoms with Gasteiger partial charge in [-0.1, -0.05) is 6.92 Å². The lowest BCUT2D eigenvalue weighted by Gasteiger charge is -2.28. The van der Waals surface area contributed by atoms with Crippen molar-refractivity contribution in [3.63, 3.8) is 0 Å². The predicted molar refractivity (Wildman–Crippen MR) is 90.7 cm³/mol. The third kappa shape index (κ3) is 3.00. The third-order valence-electron chi connectivity index (χ3n) is 4.22. The van der Waals surface area contributed by atoms with E-state index in [1.54, 1.807) is 11.3 Å². The standard InChI is InChI=1S/C15H21ClN4S/c1-4-20-7-5-6-11(20)9-19(3)13-12-8-10(2)21-14(12)18-15(16)17-13/h8,11H,4-7,9H2,1-3H3. The summed E-state index contributed by atoms with van der Waals surface area (Å²) < 4.78 is 0. The zero-order chi connectivity index (χ0) is 15.0. The number of rotatable bonds is 4. The Labute approximate surface area is 134 Å². The van der Waals surface area contributed by atoms with Crippen molar-refractivity contribution in [3.05, 3.63) is 16.2 Å². The van der Waals surface area contributed by atoms with Gasteiger partial charge in [-0.25, -0.2) is 4.98 Å². The van der Waals surface area contributed by atoms with Crippen LogP contribution in [0, 0.1) is 6.92 Å². The van der Waals surface area contributed by atoms with Gasteiger partial charge in [0.05, 0.1) is 5.39 Å². The van der Waals surface area contributed by atoms with Crippen molar-refractivity contribution in [3.8, 4) is 0 Å². The summed E-state index contributed by atoms with van der Waals surface area (Å²) in [6, 6.07) is 2.78. The molecule has 1 saturated heterocycles. The molecule has 0 saturated carbocycles. The molecule has 0 bridgehead atoms. The topological polar surface area (TPSA) is 32.3 Å². The average Bonchev–Trinajstić information content (AvgIpc) is 3.02. The summed E-state index contributed by atoms with van der Waals surface area (Å²) in [6.07, 6.45) is 2.56. The maximum Gasteiger partial charge on any atom is 0.225 e. The fourth-order valence-corrected chi connectivity index (χ4v) is 4.30. The number of hydrogen-bond donors (Lipinski definition) is 0. The molecule has 0 amide bonds. The number of hydrogen-bond acceptors (Lipinski definition) is 5. The van der Waals surface area contributed by atoms with Gasteiger partial charge in [0.1, 0.15) is 10.6 Å². The first kappa shape index (κ1) is 15.0. The van der Waals surface area contributed by atoms with Crippen LogP contribution in [0.25, 0.3) is 10.2 Å². The molecule has 21 heavy (non-hydrogen) atoms. The SMILES string of the molecule is CCN1CCCC1CN(C)c1nc(Cl)nc2sc(C)cc12. The minimum atomic E-state index is 0.338. The number of halogens is 1. The Morgan fingerprint density at radius 1 is 1.48 bits per heavy atom. The highest BCUT2D eigenvalue weighted by Crippen LogP contribution is 2.32. The number of fused-ring (bicyclic) bond motifs is 1. The molecule has 2 aromatic rings. The van der Waals surface area contributed by atoms with Crippen LogP contribution >= 0.6 is 22.9 Å². The minimum absolute atomic E-state index is 0.338. The molecule has 1 atom stereocenters. The molecule has 114 valence electrons. The molecular formula is C15H21ClN4S. The average molecular weight is 325 g/mol. The highest BCUT2D eigenvalue weighted by Gasteiger charge is 2.25. The van der Waals surface area contributed by atoms with E-state index in [1.165, 1.54) is 24.3 Å². The van der Waals surface area contributed by atoms with Crippen molar-refractivity contribution >= 4 is 39.0 Å². The molecule has 3 heterocycles. The Morgan fingerprint density at radius 3 is 3.05 bits per heavy atom. The molecule has 0 spiro atoms. The fourth-order valence-electron chi connectivity index (χ4n) is 3.21. The zero-order valence-electron chi connectivity index (χ0n) is 12.8. The van der Waals surface area contributed by atoms with E-state index in [0.29, 0.717) is 11.3 Å². The van der Waals surface area contributed by atoms with Crippen LogP contribution < -0.4 is 4.90 Å². The van der Waals surface area contributed by atoms with Crippen LogP contribution in [0.3, 0.4) is 0 Å². The Kier molecular flexibility index (Phi) is 4.33. The van der Waals surface area contributed by atoms with Gasteiger partial charge in [0.2, 0.25) is 5.28 Å². The number of thiophene rings is 1. The number of anilines is 1. The molecule has 4 nitrogen and oxygen atoms in total. The Balaban J connectivity index is 1.88. The van der Waals surface area contributed by atoms with E-state index in [2.05, 4.69) is 46.7 Å². The second-order valence-corrected chi connectivity index (χ2v) is 7.27. The summed E-state index contributed by atoms with van der Waals surface area (Å²) in [4.78, 5) is 15.8. The van der Waals surface area contributed by atoms with E-state index < -0.39 is 0 Å². The van der Waals surface area contributed by atoms with Gasteiger partial charge < -0.3 is 4.90 Å². The molecule has 0 aromatic carbocycles. The first-order valence-corrected chi connectivity index (χ1v) is 8.66. The van der Waals surface area contributed by atoms with Crippen molar-refractivity contribution in [1.29, 1.82) is 0 Å². The molecule has 1 aliphatic rings. The number of aromatic nitrogens is 2. The zero-order valence-corrected chi connectivity index (χ0v) is 14.3. The Bertz CT molecular complexity index is 642. The highest BCUT2D eigenvalue weighted by molar-refractivity contribution is 7.18. The van der Waals surface area contributed by atoms with Gasteiger partial charge in [-0.3, -0.25) is 4.90 Å². The van der Waals surface area contributed by atoms with E-state index in [-0.39, 0.29) is 0 Å². The smallest absolute Gasteiger partial charge is 0.225 e. The molecule has 6 heteroatoms. The van der Waals surface area contributed by atoms with Gasteiger partial charge in [0.25, 0.3) is 0 Å². The second kappa shape index (κ2) is 6.07. The maximum atomic E-state index is 6.10. The molecule has 1 fully saturated rings. The van der Waals surface area contributed by atoms with Gasteiger partial charge in [-0.05, 0) is 50.5 Å². The van der Waals surface area contributed by atoms with Crippen molar-refractivity contribution in [2.45, 2.75) is 32.7 Å². The van der Waals surface area contributed by atoms with Crippen LogP contribution in [0.5, 0.6) is 0 Å². The Morgan fingerprint density at radius 2 is 2.29 bits per heavy atom. The summed E-state index contributed by atoms with van der Waals surface area (Å²) in [5.74, 6) is 0.956. The molecule has 3 rings (SSSR count). The van der Waals surface area contributed by atoms with Gasteiger partial charge >= 0.3 is 0 Å². The van der Waals surface area contributed by atoms with Crippen LogP contribution in [0.1, 0.15) is 24.6 Å². The van der Waals surface area contributed by atoms with Crippen LogP contribution in [0.2, 0.25) is 5.28 Å². The van der Waals surface area contributed by atoms with E-state index >= 15 is 0 Å². The summed E-state index contributed by atoms with van der Waals surface area (Å²) in [6.45, 7) is 7.66. The number of likely N-dealkylation sites (N-methyl/N-ethyl adjacent to an activating group) is 2. The summed E-state index contributed by atoms with van der Waals surface area (Å²) in [5, 5.41) is 1.45. The normalized spacial score (nSPS) is 19.5. The molecular weight excluding hydrogens is 304 g/mol. The first-order chi connectivity index (χ1) is 10.1. The van der Waals surface area contributed by atoms with E-state index in [4.69, 9.17) is 11.6 Å². The van der Waals surface area contributed by atoms with Gasteiger partial charge in [0, 0.05) is 24.5 Å². The monoisotopic (exact) mass is 324 g/mol. The highest BCUT2D eigenvalue weighted by atomic mass is 35.5. The number of nitrogens with zero attached hydrogens (tertiary/aromatic N) is 4. The number of likely N-dealkylation sites (tertiary alicyclic amines) is 1. The van der Waals surface area contributed by atoms with Crippen molar-refractivity contribution < 1.29 is 0 Å². The van der Waals surface area contributed by atoms with Crippen LogP contribution in [-0.2, 0) is 0 Å². The van der Waals surface area contributed by atoms with E-state index in [1.807, 2.05) is 0 Å². The van der Waals surface area contributed by atoms with Crippen molar-refractivity contribution in [1.82, 2.24) is 14.9 Å². The fraction of sp³-hybridized carbons (Fsp3) is 0.600. The van der Waals surface area contributed by atoms with E-state index in [0.717, 1.165) is 29.1 Å². The van der Waals surface area contributed by atoms with Gasteiger partial charge in [0.15, 0.2) is 0 Å². The van der Waals surface area contributed by atoms with Crippen LogP contribution in [0.15, 0.2) is 6.07 Å². The molecule has 2 aromatic heterocycles. The Hall–Kier alpha value is -0.910. The van der Waals surface area contributed by atoms with Crippen LogP contribution in [0.4, 0.5) is 5.82 Å². The molecule has 0 aliphatic carbocycles. The van der Waals surface area contributed by atoms with Gasteiger partial charge in [-0.15, -0.1) is 11.3 Å². The summed E-state index contributed by atoms with van der Waals surface area (Å²) in [5.41, 5.74) is 0.